The van der Waals surface area contributed by atoms with E-state index in [0.717, 1.165) is 71.0 Å². The van der Waals surface area contributed by atoms with Crippen molar-refractivity contribution < 1.29 is 29.0 Å². The van der Waals surface area contributed by atoms with E-state index in [1.54, 1.807) is 17.8 Å². The molecule has 0 radical (unpaired) electrons. The highest BCUT2D eigenvalue weighted by molar-refractivity contribution is 8.02. The monoisotopic (exact) mass is 605 g/mol. The van der Waals surface area contributed by atoms with Crippen molar-refractivity contribution in [3.63, 3.8) is 0 Å². The zero-order chi connectivity index (χ0) is 30.1. The molecule has 0 aromatic rings. The Bertz CT molecular complexity index is 959. The average Bonchev–Trinajstić information content (AvgIpc) is 3.58. The molecule has 0 aliphatic carbocycles. The molecule has 4 saturated heterocycles. The van der Waals surface area contributed by atoms with Gasteiger partial charge in [-0.25, -0.2) is 0 Å². The number of likely N-dealkylation sites (tertiary alicyclic amines) is 1. The minimum absolute atomic E-state index is 0.0159. The number of fused-ring (bicyclic) bond motifs is 1. The van der Waals surface area contributed by atoms with E-state index < -0.39 is 22.6 Å². The van der Waals surface area contributed by atoms with Gasteiger partial charge in [0, 0.05) is 51.1 Å². The summed E-state index contributed by atoms with van der Waals surface area (Å²) in [6, 6.07) is -0.618. The van der Waals surface area contributed by atoms with Crippen LogP contribution in [0.25, 0.3) is 0 Å². The van der Waals surface area contributed by atoms with Gasteiger partial charge in [0.05, 0.1) is 36.4 Å². The van der Waals surface area contributed by atoms with Gasteiger partial charge in [-0.15, -0.1) is 24.9 Å². The molecule has 6 atom stereocenters. The number of ether oxygens (including phenoxy) is 2. The molecule has 2 amide bonds. The Kier molecular flexibility index (Phi) is 12.4. The number of aliphatic hydroxyl groups is 1. The largest absolute Gasteiger partial charge is 0.465 e. The zero-order valence-electron chi connectivity index (χ0n) is 25.4. The molecule has 42 heavy (non-hydrogen) atoms. The van der Waals surface area contributed by atoms with E-state index in [2.05, 4.69) is 25.0 Å². The third-order valence-corrected chi connectivity index (χ3v) is 11.6. The number of esters is 1. The number of morpholine rings is 1. The molecule has 4 heterocycles. The molecular formula is C32H51N3O6S. The maximum atomic E-state index is 14.6. The molecule has 0 saturated carbocycles. The van der Waals surface area contributed by atoms with Gasteiger partial charge in [0.25, 0.3) is 0 Å². The molecule has 3 unspecified atom stereocenters. The van der Waals surface area contributed by atoms with Gasteiger partial charge in [0.2, 0.25) is 11.8 Å². The van der Waals surface area contributed by atoms with Crippen LogP contribution in [0.3, 0.4) is 0 Å². The van der Waals surface area contributed by atoms with Crippen molar-refractivity contribution >= 4 is 29.5 Å². The fraction of sp³-hybridized carbons (Fsp3) is 0.781. The highest BCUT2D eigenvalue weighted by atomic mass is 32.2. The van der Waals surface area contributed by atoms with Gasteiger partial charge >= 0.3 is 5.97 Å². The van der Waals surface area contributed by atoms with Crippen LogP contribution in [0.1, 0.15) is 58.3 Å². The van der Waals surface area contributed by atoms with Gasteiger partial charge in [-0.05, 0) is 44.4 Å². The molecule has 1 spiro atoms. The first-order chi connectivity index (χ1) is 20.4. The van der Waals surface area contributed by atoms with Crippen LogP contribution in [-0.2, 0) is 23.9 Å². The number of allylic oxidation sites excluding steroid dienone is 1. The lowest BCUT2D eigenvalue weighted by molar-refractivity contribution is -0.154. The van der Waals surface area contributed by atoms with Gasteiger partial charge in [-0.3, -0.25) is 19.3 Å². The molecule has 4 rings (SSSR count). The predicted molar refractivity (Wildman–Crippen MR) is 165 cm³/mol. The second-order valence-corrected chi connectivity index (χ2v) is 13.7. The Morgan fingerprint density at radius 3 is 2.60 bits per heavy atom. The quantitative estimate of drug-likeness (QED) is 0.145. The summed E-state index contributed by atoms with van der Waals surface area (Å²) in [5, 5.41) is 9.18. The lowest BCUT2D eigenvalue weighted by atomic mass is 9.66. The lowest BCUT2D eigenvalue weighted by Crippen LogP contribution is -2.58. The molecule has 10 heteroatoms. The number of unbranched alkanes of at least 4 members (excludes halogenated alkanes) is 5. The standard InChI is InChI=1S/C32H51N3O6S/c1-4-6-7-12-20-41-31(39)26-25-23-24(3)32(42-25)27(26)29(37)35(14-10-8-9-11-19-36)28(32)30(38)34(13-5-2)16-15-33-17-21-40-22-18-33/h4-5,24-28,36H,1-2,6-23H2,3H3/t24?,25-,26+,27-,28?,32?/m0/s1. The summed E-state index contributed by atoms with van der Waals surface area (Å²) < 4.78 is 10.6. The summed E-state index contributed by atoms with van der Waals surface area (Å²) in [7, 11) is 0. The van der Waals surface area contributed by atoms with Crippen LogP contribution >= 0.6 is 11.8 Å². The van der Waals surface area contributed by atoms with Crippen LogP contribution in [0.5, 0.6) is 0 Å². The Morgan fingerprint density at radius 1 is 1.12 bits per heavy atom. The first-order valence-corrected chi connectivity index (χ1v) is 16.8. The van der Waals surface area contributed by atoms with Crippen LogP contribution in [0.2, 0.25) is 0 Å². The minimum atomic E-state index is -0.644. The number of rotatable bonds is 18. The van der Waals surface area contributed by atoms with Crippen LogP contribution < -0.4 is 0 Å². The molecule has 2 bridgehead atoms. The molecule has 9 nitrogen and oxygen atoms in total. The summed E-state index contributed by atoms with van der Waals surface area (Å²) in [6.45, 7) is 15.6. The lowest BCUT2D eigenvalue weighted by Gasteiger charge is -2.41. The van der Waals surface area contributed by atoms with E-state index in [0.29, 0.717) is 39.5 Å². The average molecular weight is 606 g/mol. The summed E-state index contributed by atoms with van der Waals surface area (Å²) in [4.78, 5) is 48.4. The van der Waals surface area contributed by atoms with E-state index in [-0.39, 0.29) is 35.6 Å². The van der Waals surface area contributed by atoms with Crippen molar-refractivity contribution in [3.8, 4) is 0 Å². The number of hydrogen-bond donors (Lipinski definition) is 1. The molecule has 1 N–H and O–H groups in total. The van der Waals surface area contributed by atoms with E-state index >= 15 is 0 Å². The highest BCUT2D eigenvalue weighted by Gasteiger charge is 2.76. The van der Waals surface area contributed by atoms with Gasteiger partial charge in [-0.2, -0.15) is 0 Å². The van der Waals surface area contributed by atoms with Crippen LogP contribution in [0, 0.1) is 17.8 Å². The van der Waals surface area contributed by atoms with Crippen LogP contribution in [0.15, 0.2) is 25.3 Å². The second kappa shape index (κ2) is 15.7. The van der Waals surface area contributed by atoms with Gasteiger partial charge in [0.1, 0.15) is 6.04 Å². The van der Waals surface area contributed by atoms with E-state index in [4.69, 9.17) is 9.47 Å². The fourth-order valence-corrected chi connectivity index (χ4v) is 9.83. The maximum absolute atomic E-state index is 14.6. The summed E-state index contributed by atoms with van der Waals surface area (Å²) in [5.41, 5.74) is 0. The van der Waals surface area contributed by atoms with Crippen molar-refractivity contribution in [2.24, 2.45) is 17.8 Å². The van der Waals surface area contributed by atoms with Crippen molar-refractivity contribution in [3.05, 3.63) is 25.3 Å². The van der Waals surface area contributed by atoms with Gasteiger partial charge < -0.3 is 24.4 Å². The Balaban J connectivity index is 1.57. The zero-order valence-corrected chi connectivity index (χ0v) is 26.2. The SMILES string of the molecule is C=CCCCCOC(=O)[C@@H]1[C@@H]2CC(C)C3(S2)C(C(=O)N(CC=C)CCN2CCOCC2)N(CCCCCCO)C(=O)[C@H]13. The fourth-order valence-electron chi connectivity index (χ4n) is 7.42. The number of amides is 2. The summed E-state index contributed by atoms with van der Waals surface area (Å²) in [6.07, 6.45) is 10.2. The van der Waals surface area contributed by atoms with E-state index in [1.165, 1.54) is 0 Å². The van der Waals surface area contributed by atoms with E-state index in [1.807, 2.05) is 15.9 Å². The molecule has 4 aliphatic rings. The van der Waals surface area contributed by atoms with Crippen LogP contribution in [0.4, 0.5) is 0 Å². The normalized spacial score (nSPS) is 30.4. The number of aliphatic hydroxyl groups excluding tert-OH is 1. The third-order valence-electron chi connectivity index (χ3n) is 9.56. The predicted octanol–water partition coefficient (Wildman–Crippen LogP) is 3.12. The number of thioether (sulfide) groups is 1. The van der Waals surface area contributed by atoms with Gasteiger partial charge in [-0.1, -0.05) is 31.9 Å². The second-order valence-electron chi connectivity index (χ2n) is 12.2. The Hall–Kier alpha value is -1.88. The molecule has 0 aromatic heterocycles. The summed E-state index contributed by atoms with van der Waals surface area (Å²) >= 11 is 1.70. The smallest absolute Gasteiger partial charge is 0.310 e. The Morgan fingerprint density at radius 2 is 1.88 bits per heavy atom. The molecule has 4 aliphatic heterocycles. The number of carbonyl (C=O) groups is 3. The van der Waals surface area contributed by atoms with Crippen molar-refractivity contribution in [2.45, 2.75) is 74.3 Å². The molecule has 0 aromatic carbocycles. The van der Waals surface area contributed by atoms with Crippen molar-refractivity contribution in [1.29, 1.82) is 0 Å². The maximum Gasteiger partial charge on any atom is 0.310 e. The third kappa shape index (κ3) is 6.92. The number of carbonyl (C=O) groups excluding carboxylic acids is 3. The number of nitrogens with zero attached hydrogens (tertiary/aromatic N) is 3. The van der Waals surface area contributed by atoms with Gasteiger partial charge in [0.15, 0.2) is 0 Å². The van der Waals surface area contributed by atoms with E-state index in [9.17, 15) is 19.5 Å². The molecule has 236 valence electrons. The number of hydrogen-bond acceptors (Lipinski definition) is 8. The highest BCUT2D eigenvalue weighted by Crippen LogP contribution is 2.68. The van der Waals surface area contributed by atoms with Crippen molar-refractivity contribution in [2.75, 3.05) is 65.7 Å². The first-order valence-electron chi connectivity index (χ1n) is 16.0. The topological polar surface area (TPSA) is 99.6 Å². The van der Waals surface area contributed by atoms with Crippen LogP contribution in [-0.4, -0.2) is 119 Å². The molecular weight excluding hydrogens is 554 g/mol. The Labute approximate surface area is 256 Å². The first kappa shape index (κ1) is 33.0. The minimum Gasteiger partial charge on any atom is -0.465 e. The molecule has 4 fully saturated rings. The van der Waals surface area contributed by atoms with Crippen molar-refractivity contribution in [1.82, 2.24) is 14.7 Å². The summed E-state index contributed by atoms with van der Waals surface area (Å²) in [5.74, 6) is -1.34.